The summed E-state index contributed by atoms with van der Waals surface area (Å²) in [6.07, 6.45) is 14.0. The lowest BCUT2D eigenvalue weighted by Gasteiger charge is -2.24. The van der Waals surface area contributed by atoms with Crippen LogP contribution in [0.5, 0.6) is 0 Å². The van der Waals surface area contributed by atoms with Crippen molar-refractivity contribution in [2.24, 2.45) is 10.8 Å². The molecule has 1 N–H and O–H groups in total. The van der Waals surface area contributed by atoms with Crippen molar-refractivity contribution in [3.63, 3.8) is 0 Å². The van der Waals surface area contributed by atoms with Crippen LogP contribution >= 0.6 is 0 Å². The number of aliphatic carboxylic acids is 1. The van der Waals surface area contributed by atoms with E-state index >= 15 is 0 Å². The molecule has 0 saturated carbocycles. The highest BCUT2D eigenvalue weighted by atomic mass is 16.5. The molecular formula is C27H50O5. The monoisotopic (exact) mass is 454 g/mol. The number of hydrogen-bond acceptors (Lipinski definition) is 4. The molecule has 5 heteroatoms. The second-order valence-corrected chi connectivity index (χ2v) is 10.8. The molecule has 0 bridgehead atoms. The van der Waals surface area contributed by atoms with Gasteiger partial charge in [-0.15, -0.1) is 0 Å². The molecule has 1 unspecified atom stereocenters. The summed E-state index contributed by atoms with van der Waals surface area (Å²) >= 11 is 0. The van der Waals surface area contributed by atoms with Gasteiger partial charge in [0.15, 0.2) is 0 Å². The molecule has 5 nitrogen and oxygen atoms in total. The summed E-state index contributed by atoms with van der Waals surface area (Å²) in [4.78, 5) is 35.3. The number of unbranched alkanes of at least 4 members (excludes halogenated alkanes) is 8. The molecule has 0 radical (unpaired) electrons. The quantitative estimate of drug-likeness (QED) is 0.152. The van der Waals surface area contributed by atoms with Crippen LogP contribution in [-0.4, -0.2) is 28.9 Å². The Bertz CT molecular complexity index is 550. The molecule has 0 spiro atoms. The summed E-state index contributed by atoms with van der Waals surface area (Å²) in [5, 5.41) is 9.11. The maximum Gasteiger partial charge on any atom is 0.311 e. The number of carboxylic acid groups (broad SMARTS) is 1. The first-order valence-electron chi connectivity index (χ1n) is 12.9. The zero-order valence-electron chi connectivity index (χ0n) is 21.8. The Morgan fingerprint density at radius 1 is 0.719 bits per heavy atom. The Morgan fingerprint density at radius 3 is 1.56 bits per heavy atom. The summed E-state index contributed by atoms with van der Waals surface area (Å²) < 4.78 is 5.47. The van der Waals surface area contributed by atoms with E-state index in [1.165, 1.54) is 0 Å². The van der Waals surface area contributed by atoms with Gasteiger partial charge in [0, 0.05) is 12.8 Å². The topological polar surface area (TPSA) is 80.7 Å². The molecule has 0 amide bonds. The van der Waals surface area contributed by atoms with Crippen LogP contribution in [0.3, 0.4) is 0 Å². The van der Waals surface area contributed by atoms with Crippen molar-refractivity contribution in [2.75, 3.05) is 0 Å². The number of Topliss-reactive ketones (excluding diaryl/α,β-unsaturated/α-hetero) is 1. The molecule has 0 aromatic rings. The zero-order chi connectivity index (χ0) is 24.6. The van der Waals surface area contributed by atoms with E-state index in [1.54, 1.807) is 13.8 Å². The summed E-state index contributed by atoms with van der Waals surface area (Å²) in [6.45, 7) is 11.4. The molecule has 0 fully saturated rings. The summed E-state index contributed by atoms with van der Waals surface area (Å²) in [7, 11) is 0. The second-order valence-electron chi connectivity index (χ2n) is 10.8. The molecule has 0 aromatic heterocycles. The summed E-state index contributed by atoms with van der Waals surface area (Å²) in [5.74, 6) is -0.457. The first kappa shape index (κ1) is 30.6. The van der Waals surface area contributed by atoms with E-state index in [9.17, 15) is 14.4 Å². The molecule has 0 rings (SSSR count). The van der Waals surface area contributed by atoms with Gasteiger partial charge in [-0.1, -0.05) is 58.3 Å². The van der Waals surface area contributed by atoms with Crippen LogP contribution < -0.4 is 0 Å². The van der Waals surface area contributed by atoms with Crippen molar-refractivity contribution in [1.82, 2.24) is 0 Å². The van der Waals surface area contributed by atoms with E-state index in [0.29, 0.717) is 25.0 Å². The van der Waals surface area contributed by atoms with Crippen molar-refractivity contribution < 1.29 is 24.2 Å². The Kier molecular flexibility index (Phi) is 15.6. The van der Waals surface area contributed by atoms with Gasteiger partial charge in [-0.05, 0) is 66.7 Å². The number of ether oxygens (including phenoxy) is 1. The first-order chi connectivity index (χ1) is 14.9. The summed E-state index contributed by atoms with van der Waals surface area (Å²) in [5.41, 5.74) is -1.06. The molecule has 0 aliphatic rings. The zero-order valence-corrected chi connectivity index (χ0v) is 21.8. The van der Waals surface area contributed by atoms with Gasteiger partial charge < -0.3 is 9.84 Å². The predicted octanol–water partition coefficient (Wildman–Crippen LogP) is 7.50. The predicted molar refractivity (Wildman–Crippen MR) is 131 cm³/mol. The van der Waals surface area contributed by atoms with Gasteiger partial charge in [0.1, 0.15) is 5.78 Å². The van der Waals surface area contributed by atoms with E-state index < -0.39 is 16.8 Å². The lowest BCUT2D eigenvalue weighted by Crippen LogP contribution is -2.29. The fourth-order valence-electron chi connectivity index (χ4n) is 3.60. The molecule has 0 aromatic carbocycles. The van der Waals surface area contributed by atoms with E-state index in [4.69, 9.17) is 9.84 Å². The van der Waals surface area contributed by atoms with E-state index in [0.717, 1.165) is 77.0 Å². The van der Waals surface area contributed by atoms with Gasteiger partial charge in [-0.25, -0.2) is 0 Å². The minimum atomic E-state index is -0.728. The lowest BCUT2D eigenvalue weighted by molar-refractivity contribution is -0.159. The van der Waals surface area contributed by atoms with Crippen LogP contribution in [0.4, 0.5) is 0 Å². The molecule has 1 atom stereocenters. The minimum absolute atomic E-state index is 0.0180. The van der Waals surface area contributed by atoms with Crippen molar-refractivity contribution in [2.45, 2.75) is 144 Å². The molecule has 32 heavy (non-hydrogen) atoms. The van der Waals surface area contributed by atoms with Crippen LogP contribution in [0.25, 0.3) is 0 Å². The molecule has 0 aliphatic carbocycles. The third kappa shape index (κ3) is 14.6. The number of hydrogen-bond donors (Lipinski definition) is 1. The van der Waals surface area contributed by atoms with Crippen molar-refractivity contribution in [3.05, 3.63) is 0 Å². The first-order valence-corrected chi connectivity index (χ1v) is 12.9. The van der Waals surface area contributed by atoms with Crippen LogP contribution in [0.1, 0.15) is 138 Å². The fraction of sp³-hybridized carbons (Fsp3) is 0.889. The Hall–Kier alpha value is -1.39. The normalized spacial score (nSPS) is 13.1. The van der Waals surface area contributed by atoms with Crippen molar-refractivity contribution in [3.8, 4) is 0 Å². The van der Waals surface area contributed by atoms with Gasteiger partial charge in [-0.3, -0.25) is 14.4 Å². The minimum Gasteiger partial charge on any atom is -0.481 e. The van der Waals surface area contributed by atoms with Crippen molar-refractivity contribution >= 4 is 17.7 Å². The Labute approximate surface area is 197 Å². The number of rotatable bonds is 20. The standard InChI is InChI=1S/C27H50O5/c1-7-22(2)32-25(31)27(5,6)21-17-13-9-11-15-19-23(28)18-14-10-8-12-16-20-26(3,4)24(29)30/h22H,7-21H2,1-6H3,(H,29,30). The fourth-order valence-corrected chi connectivity index (χ4v) is 3.60. The molecule has 188 valence electrons. The second kappa shape index (κ2) is 16.3. The number of esters is 1. The van der Waals surface area contributed by atoms with E-state index in [1.807, 2.05) is 27.7 Å². The van der Waals surface area contributed by atoms with Crippen LogP contribution in [-0.2, 0) is 19.1 Å². The van der Waals surface area contributed by atoms with Crippen molar-refractivity contribution in [1.29, 1.82) is 0 Å². The maximum absolute atomic E-state index is 12.2. The molecule has 0 aliphatic heterocycles. The number of ketones is 1. The third-order valence-corrected chi connectivity index (χ3v) is 6.53. The van der Waals surface area contributed by atoms with E-state index in [-0.39, 0.29) is 12.1 Å². The number of carboxylic acids is 1. The average Bonchev–Trinajstić information content (AvgIpc) is 2.71. The molecular weight excluding hydrogens is 404 g/mol. The Morgan fingerprint density at radius 2 is 1.12 bits per heavy atom. The highest BCUT2D eigenvalue weighted by Crippen LogP contribution is 2.27. The SMILES string of the molecule is CCC(C)OC(=O)C(C)(C)CCCCCCCC(=O)CCCCCCCC(C)(C)C(=O)O. The summed E-state index contributed by atoms with van der Waals surface area (Å²) in [6, 6.07) is 0. The van der Waals surface area contributed by atoms with Crippen LogP contribution in [0.2, 0.25) is 0 Å². The molecule has 0 heterocycles. The van der Waals surface area contributed by atoms with E-state index in [2.05, 4.69) is 0 Å². The number of carbonyl (C=O) groups excluding carboxylic acids is 2. The van der Waals surface area contributed by atoms with Gasteiger partial charge in [0.25, 0.3) is 0 Å². The largest absolute Gasteiger partial charge is 0.481 e. The average molecular weight is 455 g/mol. The van der Waals surface area contributed by atoms with Crippen LogP contribution in [0.15, 0.2) is 0 Å². The van der Waals surface area contributed by atoms with Gasteiger partial charge >= 0.3 is 11.9 Å². The van der Waals surface area contributed by atoms with Gasteiger partial charge in [-0.2, -0.15) is 0 Å². The van der Waals surface area contributed by atoms with Gasteiger partial charge in [0.2, 0.25) is 0 Å². The van der Waals surface area contributed by atoms with Gasteiger partial charge in [0.05, 0.1) is 16.9 Å². The number of carbonyl (C=O) groups is 3. The Balaban J connectivity index is 3.64. The van der Waals surface area contributed by atoms with Crippen LogP contribution in [0, 0.1) is 10.8 Å². The molecule has 0 saturated heterocycles. The lowest BCUT2D eigenvalue weighted by atomic mass is 9.86. The third-order valence-electron chi connectivity index (χ3n) is 6.53. The highest BCUT2D eigenvalue weighted by molar-refractivity contribution is 5.78. The maximum atomic E-state index is 12.2. The highest BCUT2D eigenvalue weighted by Gasteiger charge is 2.29. The smallest absolute Gasteiger partial charge is 0.311 e.